The summed E-state index contributed by atoms with van der Waals surface area (Å²) in [6, 6.07) is 4.92. The molecular weight excluding hydrogens is 242 g/mol. The summed E-state index contributed by atoms with van der Waals surface area (Å²) >= 11 is 5.91. The summed E-state index contributed by atoms with van der Waals surface area (Å²) in [4.78, 5) is 23.6. The predicted molar refractivity (Wildman–Crippen MR) is 65.6 cm³/mol. The van der Waals surface area contributed by atoms with Crippen LogP contribution in [0.25, 0.3) is 0 Å². The maximum Gasteiger partial charge on any atom is 0.225 e. The van der Waals surface area contributed by atoms with E-state index in [4.69, 9.17) is 16.3 Å². The van der Waals surface area contributed by atoms with Gasteiger partial charge in [0.05, 0.1) is 23.6 Å². The molecule has 1 aromatic carbocycles. The minimum Gasteiger partial charge on any atom is -0.491 e. The monoisotopic (exact) mass is 255 g/mol. The molecule has 1 rings (SSSR count). The second-order valence-corrected chi connectivity index (χ2v) is 4.07. The molecule has 0 atom stereocenters. The summed E-state index contributed by atoms with van der Waals surface area (Å²) in [5, 5.41) is 0.368. The van der Waals surface area contributed by atoms with Crippen LogP contribution in [0.1, 0.15) is 16.8 Å². The lowest BCUT2D eigenvalue weighted by Gasteiger charge is -2.12. The van der Waals surface area contributed by atoms with E-state index in [0.29, 0.717) is 22.6 Å². The van der Waals surface area contributed by atoms with Crippen molar-refractivity contribution in [1.82, 2.24) is 4.90 Å². The third kappa shape index (κ3) is 3.75. The van der Waals surface area contributed by atoms with Crippen LogP contribution in [0, 0.1) is 0 Å². The van der Waals surface area contributed by atoms with Gasteiger partial charge in [-0.1, -0.05) is 17.7 Å². The Morgan fingerprint density at radius 2 is 2.18 bits per heavy atom. The van der Waals surface area contributed by atoms with Crippen LogP contribution in [0.15, 0.2) is 18.2 Å². The summed E-state index contributed by atoms with van der Waals surface area (Å²) in [6.45, 7) is 0.196. The molecule has 0 aromatic heterocycles. The van der Waals surface area contributed by atoms with Gasteiger partial charge in [0.25, 0.3) is 0 Å². The predicted octanol–water partition coefficient (Wildman–Crippen LogP) is 2.01. The molecule has 0 heterocycles. The standard InChI is InChI=1S/C12H14ClNO3/c1-14(2)11(16)6-7-17-12-9(8-15)4-3-5-10(12)13/h3-5,8H,6-7H2,1-2H3. The number of nitrogens with zero attached hydrogens (tertiary/aromatic N) is 1. The van der Waals surface area contributed by atoms with Crippen molar-refractivity contribution < 1.29 is 14.3 Å². The SMILES string of the molecule is CN(C)C(=O)CCOc1c(Cl)cccc1C=O. The first-order chi connectivity index (χ1) is 8.06. The van der Waals surface area contributed by atoms with Crippen molar-refractivity contribution in [2.45, 2.75) is 6.42 Å². The van der Waals surface area contributed by atoms with E-state index in [1.165, 1.54) is 4.90 Å². The van der Waals surface area contributed by atoms with E-state index >= 15 is 0 Å². The second kappa shape index (κ2) is 6.25. The molecule has 0 saturated heterocycles. The number of halogens is 1. The molecule has 0 N–H and O–H groups in total. The Morgan fingerprint density at radius 3 is 2.76 bits per heavy atom. The normalized spacial score (nSPS) is 9.82. The molecule has 0 fully saturated rings. The molecule has 0 aliphatic rings. The van der Waals surface area contributed by atoms with Gasteiger partial charge in [-0.15, -0.1) is 0 Å². The molecule has 0 aliphatic carbocycles. The van der Waals surface area contributed by atoms with Gasteiger partial charge < -0.3 is 9.64 Å². The van der Waals surface area contributed by atoms with Crippen LogP contribution in [0.4, 0.5) is 0 Å². The molecular formula is C12H14ClNO3. The number of carbonyl (C=O) groups excluding carboxylic acids is 2. The van der Waals surface area contributed by atoms with Crippen LogP contribution in [-0.4, -0.2) is 37.8 Å². The van der Waals surface area contributed by atoms with Gasteiger partial charge in [0.15, 0.2) is 6.29 Å². The molecule has 0 bridgehead atoms. The highest BCUT2D eigenvalue weighted by Gasteiger charge is 2.09. The van der Waals surface area contributed by atoms with Gasteiger partial charge in [-0.2, -0.15) is 0 Å². The molecule has 1 amide bonds. The fraction of sp³-hybridized carbons (Fsp3) is 0.333. The van der Waals surface area contributed by atoms with Gasteiger partial charge in [0, 0.05) is 14.1 Å². The van der Waals surface area contributed by atoms with Gasteiger partial charge >= 0.3 is 0 Å². The fourth-order valence-electron chi connectivity index (χ4n) is 1.23. The van der Waals surface area contributed by atoms with Crippen LogP contribution >= 0.6 is 11.6 Å². The average molecular weight is 256 g/mol. The molecule has 1 aromatic rings. The number of benzene rings is 1. The lowest BCUT2D eigenvalue weighted by atomic mass is 10.2. The summed E-state index contributed by atoms with van der Waals surface area (Å²) in [5.41, 5.74) is 0.384. The van der Waals surface area contributed by atoms with Crippen LogP contribution in [-0.2, 0) is 4.79 Å². The van der Waals surface area contributed by atoms with Gasteiger partial charge in [-0.3, -0.25) is 9.59 Å². The first-order valence-corrected chi connectivity index (χ1v) is 5.50. The van der Waals surface area contributed by atoms with Crippen molar-refractivity contribution in [2.24, 2.45) is 0 Å². The quantitative estimate of drug-likeness (QED) is 0.756. The minimum absolute atomic E-state index is 0.0373. The third-order valence-electron chi connectivity index (χ3n) is 2.19. The zero-order chi connectivity index (χ0) is 12.8. The Labute approximate surface area is 105 Å². The minimum atomic E-state index is -0.0373. The highest BCUT2D eigenvalue weighted by Crippen LogP contribution is 2.27. The highest BCUT2D eigenvalue weighted by molar-refractivity contribution is 6.32. The highest BCUT2D eigenvalue weighted by atomic mass is 35.5. The van der Waals surface area contributed by atoms with Gasteiger partial charge in [-0.25, -0.2) is 0 Å². The summed E-state index contributed by atoms with van der Waals surface area (Å²) in [5.74, 6) is 0.292. The second-order valence-electron chi connectivity index (χ2n) is 3.66. The molecule has 0 aliphatic heterocycles. The molecule has 4 nitrogen and oxygen atoms in total. The Kier molecular flexibility index (Phi) is 4.97. The summed E-state index contributed by atoms with van der Waals surface area (Å²) < 4.78 is 5.37. The Bertz CT molecular complexity index is 418. The maximum absolute atomic E-state index is 11.3. The van der Waals surface area contributed by atoms with Crippen molar-refractivity contribution in [3.05, 3.63) is 28.8 Å². The van der Waals surface area contributed by atoms with E-state index in [2.05, 4.69) is 0 Å². The molecule has 0 spiro atoms. The van der Waals surface area contributed by atoms with Crippen molar-refractivity contribution in [2.75, 3.05) is 20.7 Å². The van der Waals surface area contributed by atoms with Gasteiger partial charge in [-0.05, 0) is 12.1 Å². The van der Waals surface area contributed by atoms with E-state index in [1.54, 1.807) is 32.3 Å². The van der Waals surface area contributed by atoms with Gasteiger partial charge in [0.2, 0.25) is 5.91 Å². The molecule has 17 heavy (non-hydrogen) atoms. The van der Waals surface area contributed by atoms with Crippen molar-refractivity contribution >= 4 is 23.8 Å². The number of rotatable bonds is 5. The van der Waals surface area contributed by atoms with E-state index in [1.807, 2.05) is 0 Å². The first-order valence-electron chi connectivity index (χ1n) is 5.13. The first kappa shape index (κ1) is 13.5. The smallest absolute Gasteiger partial charge is 0.225 e. The molecule has 0 saturated carbocycles. The van der Waals surface area contributed by atoms with Crippen LogP contribution in [0.5, 0.6) is 5.75 Å². The van der Waals surface area contributed by atoms with E-state index < -0.39 is 0 Å². The summed E-state index contributed by atoms with van der Waals surface area (Å²) in [7, 11) is 3.35. The van der Waals surface area contributed by atoms with E-state index in [9.17, 15) is 9.59 Å². The summed E-state index contributed by atoms with van der Waals surface area (Å²) in [6.07, 6.45) is 0.922. The largest absolute Gasteiger partial charge is 0.491 e. The average Bonchev–Trinajstić information content (AvgIpc) is 2.30. The zero-order valence-electron chi connectivity index (χ0n) is 9.77. The van der Waals surface area contributed by atoms with Crippen molar-refractivity contribution in [3.63, 3.8) is 0 Å². The Balaban J connectivity index is 2.63. The lowest BCUT2D eigenvalue weighted by Crippen LogP contribution is -2.23. The number of para-hydroxylation sites is 1. The lowest BCUT2D eigenvalue weighted by molar-refractivity contribution is -0.129. The zero-order valence-corrected chi connectivity index (χ0v) is 10.5. The topological polar surface area (TPSA) is 46.6 Å². The third-order valence-corrected chi connectivity index (χ3v) is 2.48. The van der Waals surface area contributed by atoms with Crippen LogP contribution in [0.2, 0.25) is 5.02 Å². The van der Waals surface area contributed by atoms with Crippen molar-refractivity contribution in [1.29, 1.82) is 0 Å². The molecule has 0 radical (unpaired) electrons. The Morgan fingerprint density at radius 1 is 1.47 bits per heavy atom. The number of carbonyl (C=O) groups is 2. The fourth-order valence-corrected chi connectivity index (χ4v) is 1.47. The Hall–Kier alpha value is -1.55. The number of aldehydes is 1. The van der Waals surface area contributed by atoms with E-state index in [-0.39, 0.29) is 18.9 Å². The van der Waals surface area contributed by atoms with Crippen molar-refractivity contribution in [3.8, 4) is 5.75 Å². The number of ether oxygens (including phenoxy) is 1. The number of amides is 1. The molecule has 5 heteroatoms. The number of hydrogen-bond acceptors (Lipinski definition) is 3. The molecule has 0 unspecified atom stereocenters. The van der Waals surface area contributed by atoms with Crippen LogP contribution < -0.4 is 4.74 Å². The van der Waals surface area contributed by atoms with Gasteiger partial charge in [0.1, 0.15) is 5.75 Å². The maximum atomic E-state index is 11.3. The van der Waals surface area contributed by atoms with Crippen LogP contribution in [0.3, 0.4) is 0 Å². The number of hydrogen-bond donors (Lipinski definition) is 0. The van der Waals surface area contributed by atoms with E-state index in [0.717, 1.165) is 0 Å². The molecule has 92 valence electrons.